The fourth-order valence-electron chi connectivity index (χ4n) is 1.82. The minimum absolute atomic E-state index is 0.00477. The highest BCUT2D eigenvalue weighted by molar-refractivity contribution is 7.80. The molecule has 92 valence electrons. The Morgan fingerprint density at radius 3 is 2.75 bits per heavy atom. The minimum Gasteiger partial charge on any atom is -0.393 e. The van der Waals surface area contributed by atoms with Gasteiger partial charge in [-0.15, -0.1) is 0 Å². The van der Waals surface area contributed by atoms with Crippen molar-refractivity contribution in [1.29, 1.82) is 0 Å². The van der Waals surface area contributed by atoms with E-state index in [1.807, 2.05) is 6.92 Å². The van der Waals surface area contributed by atoms with Crippen LogP contribution in [0.1, 0.15) is 45.4 Å². The number of nitrogens with one attached hydrogen (secondary N) is 1. The minimum atomic E-state index is -0.277. The van der Waals surface area contributed by atoms with Gasteiger partial charge in [0, 0.05) is 6.54 Å². The second-order valence-electron chi connectivity index (χ2n) is 4.62. The van der Waals surface area contributed by atoms with Crippen LogP contribution >= 0.6 is 12.2 Å². The van der Waals surface area contributed by atoms with Gasteiger partial charge in [0.1, 0.15) is 0 Å². The third kappa shape index (κ3) is 4.92. The predicted molar refractivity (Wildman–Crippen MR) is 70.2 cm³/mol. The molecule has 1 saturated carbocycles. The van der Waals surface area contributed by atoms with Gasteiger partial charge in [0.05, 0.1) is 10.9 Å². The predicted octanol–water partition coefficient (Wildman–Crippen LogP) is 2.00. The normalized spacial score (nSPS) is 16.8. The molecule has 0 aliphatic heterocycles. The number of amides is 1. The van der Waals surface area contributed by atoms with Gasteiger partial charge >= 0.3 is 0 Å². The van der Waals surface area contributed by atoms with Crippen LogP contribution in [-0.4, -0.2) is 17.4 Å². The van der Waals surface area contributed by atoms with Crippen molar-refractivity contribution in [3.63, 3.8) is 0 Å². The topological polar surface area (TPSA) is 55.1 Å². The summed E-state index contributed by atoms with van der Waals surface area (Å²) >= 11 is 4.91. The molecule has 0 spiro atoms. The van der Waals surface area contributed by atoms with Crippen LogP contribution in [0.15, 0.2) is 0 Å². The summed E-state index contributed by atoms with van der Waals surface area (Å²) in [6.07, 6.45) is 6.75. The largest absolute Gasteiger partial charge is 0.393 e. The molecule has 3 nitrogen and oxygen atoms in total. The van der Waals surface area contributed by atoms with Crippen LogP contribution in [0, 0.1) is 11.8 Å². The number of rotatable bonds is 8. The summed E-state index contributed by atoms with van der Waals surface area (Å²) < 4.78 is 0. The molecule has 1 atom stereocenters. The number of hydrogen-bond donors (Lipinski definition) is 2. The highest BCUT2D eigenvalue weighted by Crippen LogP contribution is 2.33. The summed E-state index contributed by atoms with van der Waals surface area (Å²) in [7, 11) is 0. The molecule has 0 heterocycles. The highest BCUT2D eigenvalue weighted by atomic mass is 32.1. The Labute approximate surface area is 103 Å². The third-order valence-electron chi connectivity index (χ3n) is 3.02. The average Bonchev–Trinajstić information content (AvgIpc) is 3.04. The zero-order valence-corrected chi connectivity index (χ0v) is 10.8. The number of carbonyl (C=O) groups is 1. The van der Waals surface area contributed by atoms with Gasteiger partial charge in [-0.05, 0) is 25.2 Å². The molecule has 0 bridgehead atoms. The molecule has 16 heavy (non-hydrogen) atoms. The lowest BCUT2D eigenvalue weighted by molar-refractivity contribution is -0.123. The van der Waals surface area contributed by atoms with Crippen LogP contribution in [0.25, 0.3) is 0 Å². The van der Waals surface area contributed by atoms with E-state index in [1.165, 1.54) is 19.3 Å². The molecule has 1 amide bonds. The number of carbonyl (C=O) groups excluding carboxylic acids is 1. The van der Waals surface area contributed by atoms with Crippen LogP contribution in [0.3, 0.4) is 0 Å². The van der Waals surface area contributed by atoms with Crippen LogP contribution < -0.4 is 11.1 Å². The van der Waals surface area contributed by atoms with Crippen molar-refractivity contribution >= 4 is 23.1 Å². The van der Waals surface area contributed by atoms with Crippen molar-refractivity contribution in [3.8, 4) is 0 Å². The molecule has 1 fully saturated rings. The Kier molecular flexibility index (Phi) is 5.74. The van der Waals surface area contributed by atoms with E-state index >= 15 is 0 Å². The molecule has 1 aliphatic rings. The molecule has 3 N–H and O–H groups in total. The maximum atomic E-state index is 11.8. The van der Waals surface area contributed by atoms with Crippen molar-refractivity contribution in [3.05, 3.63) is 0 Å². The molecule has 1 aliphatic carbocycles. The molecular formula is C12H22N2OS. The Hall–Kier alpha value is -0.640. The van der Waals surface area contributed by atoms with E-state index in [2.05, 4.69) is 5.32 Å². The Bertz CT molecular complexity index is 251. The fourth-order valence-corrected chi connectivity index (χ4v) is 2.05. The third-order valence-corrected chi connectivity index (χ3v) is 3.31. The molecule has 0 aromatic rings. The quantitative estimate of drug-likeness (QED) is 0.505. The van der Waals surface area contributed by atoms with Gasteiger partial charge in [-0.1, -0.05) is 38.4 Å². The van der Waals surface area contributed by atoms with Gasteiger partial charge in [-0.25, -0.2) is 0 Å². The van der Waals surface area contributed by atoms with Crippen molar-refractivity contribution in [2.75, 3.05) is 6.54 Å². The van der Waals surface area contributed by atoms with E-state index in [1.54, 1.807) is 0 Å². The Morgan fingerprint density at radius 2 is 2.25 bits per heavy atom. The Morgan fingerprint density at radius 1 is 1.56 bits per heavy atom. The molecule has 0 radical (unpaired) electrons. The van der Waals surface area contributed by atoms with E-state index in [0.717, 1.165) is 31.7 Å². The molecule has 0 saturated heterocycles. The number of nitrogens with two attached hydrogens (primary N) is 1. The summed E-state index contributed by atoms with van der Waals surface area (Å²) in [5.74, 6) is 0.657. The van der Waals surface area contributed by atoms with Crippen LogP contribution in [0.5, 0.6) is 0 Å². The van der Waals surface area contributed by atoms with E-state index < -0.39 is 0 Å². The highest BCUT2D eigenvalue weighted by Gasteiger charge is 2.22. The van der Waals surface area contributed by atoms with E-state index in [9.17, 15) is 4.79 Å². The van der Waals surface area contributed by atoms with E-state index in [4.69, 9.17) is 18.0 Å². The second-order valence-corrected chi connectivity index (χ2v) is 5.09. The van der Waals surface area contributed by atoms with E-state index in [0.29, 0.717) is 4.99 Å². The van der Waals surface area contributed by atoms with Crippen molar-refractivity contribution in [2.24, 2.45) is 17.6 Å². The molecular weight excluding hydrogens is 220 g/mol. The first-order valence-electron chi connectivity index (χ1n) is 6.22. The lowest BCUT2D eigenvalue weighted by Gasteiger charge is -2.14. The lowest BCUT2D eigenvalue weighted by atomic mass is 10.0. The van der Waals surface area contributed by atoms with Gasteiger partial charge in [0.25, 0.3) is 0 Å². The summed E-state index contributed by atoms with van der Waals surface area (Å²) in [6, 6.07) is 0. The van der Waals surface area contributed by atoms with Gasteiger partial charge in [0.2, 0.25) is 5.91 Å². The van der Waals surface area contributed by atoms with Gasteiger partial charge in [0.15, 0.2) is 0 Å². The second kappa shape index (κ2) is 6.84. The molecule has 1 unspecified atom stereocenters. The molecule has 0 aromatic carbocycles. The molecule has 0 aromatic heterocycles. The first-order chi connectivity index (χ1) is 7.65. The smallest absolute Gasteiger partial charge is 0.229 e. The monoisotopic (exact) mass is 242 g/mol. The summed E-state index contributed by atoms with van der Waals surface area (Å²) in [5, 5.41) is 2.93. The summed E-state index contributed by atoms with van der Waals surface area (Å²) in [6.45, 7) is 2.80. The van der Waals surface area contributed by atoms with Crippen molar-refractivity contribution in [1.82, 2.24) is 5.32 Å². The number of hydrogen-bond acceptors (Lipinski definition) is 2. The zero-order valence-electron chi connectivity index (χ0n) is 10.00. The summed E-state index contributed by atoms with van der Waals surface area (Å²) in [5.41, 5.74) is 5.56. The van der Waals surface area contributed by atoms with E-state index in [-0.39, 0.29) is 11.8 Å². The van der Waals surface area contributed by atoms with Crippen molar-refractivity contribution in [2.45, 2.75) is 45.4 Å². The van der Waals surface area contributed by atoms with Crippen LogP contribution in [0.2, 0.25) is 0 Å². The van der Waals surface area contributed by atoms with Crippen LogP contribution in [-0.2, 0) is 4.79 Å². The standard InChI is InChI=1S/C12H22N2OS/c1-2-4-10(11(13)16)12(15)14-8-3-5-9-6-7-9/h9-10H,2-8H2,1H3,(H2,13,16)(H,14,15). The maximum Gasteiger partial charge on any atom is 0.229 e. The lowest BCUT2D eigenvalue weighted by Crippen LogP contribution is -2.38. The first-order valence-corrected chi connectivity index (χ1v) is 6.63. The first kappa shape index (κ1) is 13.4. The van der Waals surface area contributed by atoms with Crippen LogP contribution in [0.4, 0.5) is 0 Å². The van der Waals surface area contributed by atoms with Gasteiger partial charge < -0.3 is 11.1 Å². The number of thiocarbonyl (C=S) groups is 1. The molecule has 4 heteroatoms. The SMILES string of the molecule is CCCC(C(=O)NCCCC1CC1)C(N)=S. The maximum absolute atomic E-state index is 11.8. The zero-order chi connectivity index (χ0) is 12.0. The Balaban J connectivity index is 2.16. The van der Waals surface area contributed by atoms with Gasteiger partial charge in [-0.2, -0.15) is 0 Å². The summed E-state index contributed by atoms with van der Waals surface area (Å²) in [4.78, 5) is 12.1. The fraction of sp³-hybridized carbons (Fsp3) is 0.833. The molecule has 1 rings (SSSR count). The van der Waals surface area contributed by atoms with Crippen molar-refractivity contribution < 1.29 is 4.79 Å². The van der Waals surface area contributed by atoms with Gasteiger partial charge in [-0.3, -0.25) is 4.79 Å². The average molecular weight is 242 g/mol.